The van der Waals surface area contributed by atoms with E-state index < -0.39 is 30.0 Å². The van der Waals surface area contributed by atoms with Gasteiger partial charge in [-0.3, -0.25) is 28.8 Å². The van der Waals surface area contributed by atoms with E-state index in [2.05, 4.69) is 42.5 Å². The number of hydrogen-bond acceptors (Lipinski definition) is 8. The number of nitrogens with zero attached hydrogens (tertiary/aromatic N) is 3. The predicted octanol–water partition coefficient (Wildman–Crippen LogP) is 2.38. The molecular formula is C41H46N8O8. The van der Waals surface area contributed by atoms with Crippen LogP contribution in [0.5, 0.6) is 0 Å². The Labute approximate surface area is 327 Å². The number of benzene rings is 3. The Balaban J connectivity index is 1.01. The maximum absolute atomic E-state index is 13.9. The maximum Gasteiger partial charge on any atom is 0.252 e. The minimum Gasteiger partial charge on any atom is -0.374 e. The number of aromatic nitrogens is 2. The molecule has 1 saturated heterocycles. The summed E-state index contributed by atoms with van der Waals surface area (Å²) in [7, 11) is 3.36. The molecule has 5 aromatic rings. The number of carbonyl (C=O) groups is 6. The highest BCUT2D eigenvalue weighted by Gasteiger charge is 2.55. The van der Waals surface area contributed by atoms with Gasteiger partial charge in [-0.15, -0.1) is 0 Å². The van der Waals surface area contributed by atoms with Crippen molar-refractivity contribution in [1.82, 2.24) is 35.3 Å². The lowest BCUT2D eigenvalue weighted by molar-refractivity contribution is -0.266. The first-order chi connectivity index (χ1) is 27.4. The van der Waals surface area contributed by atoms with E-state index in [1.807, 2.05) is 43.3 Å². The number of fused-ring (bicyclic) bond motifs is 13. The highest BCUT2D eigenvalue weighted by molar-refractivity contribution is 6.31. The van der Waals surface area contributed by atoms with Crippen molar-refractivity contribution in [1.29, 1.82) is 0 Å². The minimum absolute atomic E-state index is 0.000812. The molecule has 6 N–H and O–H groups in total. The highest BCUT2D eigenvalue weighted by atomic mass is 16.6. The van der Waals surface area contributed by atoms with Gasteiger partial charge in [0.15, 0.2) is 5.72 Å². The molecule has 3 aliphatic rings. The first kappa shape index (κ1) is 37.9. The summed E-state index contributed by atoms with van der Waals surface area (Å²) in [5.74, 6) is -1.90. The molecule has 4 atom stereocenters. The lowest BCUT2D eigenvalue weighted by Crippen LogP contribution is -2.61. The fourth-order valence-corrected chi connectivity index (χ4v) is 9.20. The van der Waals surface area contributed by atoms with E-state index in [1.165, 1.54) is 0 Å². The van der Waals surface area contributed by atoms with Crippen LogP contribution in [0.25, 0.3) is 43.6 Å². The first-order valence-electron chi connectivity index (χ1n) is 19.3. The van der Waals surface area contributed by atoms with Crippen molar-refractivity contribution in [2.45, 2.75) is 76.1 Å². The molecule has 0 spiro atoms. The summed E-state index contributed by atoms with van der Waals surface area (Å²) in [6.07, 6.45) is -0.866. The summed E-state index contributed by atoms with van der Waals surface area (Å²) in [6, 6.07) is 15.7. The molecule has 5 heterocycles. The van der Waals surface area contributed by atoms with Crippen LogP contribution < -0.4 is 27.0 Å². The molecule has 6 amide bonds. The standard InChI is InChI=1S/C41H46N8O8/c1-41-39(56-3)27(47(2)32(54)13-12-29(51)44-18-15-31(53)45-19-16-30(52)43-17-14-28(42)50)20-33(57-41)48-25-10-6-4-8-22(25)35-36-24(21-46-40(36)55)34-23-9-5-7-11-26(23)49(41)38(34)37(35)48/h4-11,27,33,39H,12-21H2,1-3H3,(H2,42,50)(H,43,52)(H,44,51)(H,45,53)(H,46,55)/t27-,33-,39-,41+/m1/s1. The van der Waals surface area contributed by atoms with Gasteiger partial charge >= 0.3 is 0 Å². The second-order valence-electron chi connectivity index (χ2n) is 15.1. The van der Waals surface area contributed by atoms with Crippen LogP contribution in [0, 0.1) is 0 Å². The van der Waals surface area contributed by atoms with Gasteiger partial charge in [-0.2, -0.15) is 0 Å². The number of hydrogen-bond donors (Lipinski definition) is 5. The van der Waals surface area contributed by atoms with Crippen molar-refractivity contribution in [3.63, 3.8) is 0 Å². The van der Waals surface area contributed by atoms with Crippen molar-refractivity contribution in [3.8, 4) is 0 Å². The molecule has 0 saturated carbocycles. The average molecular weight is 779 g/mol. The number of nitrogens with two attached hydrogens (primary N) is 1. The van der Waals surface area contributed by atoms with E-state index in [9.17, 15) is 28.8 Å². The summed E-state index contributed by atoms with van der Waals surface area (Å²) in [5.41, 5.74) is 9.28. The van der Waals surface area contributed by atoms with Crippen LogP contribution in [0.2, 0.25) is 0 Å². The lowest BCUT2D eigenvalue weighted by atomic mass is 9.91. The van der Waals surface area contributed by atoms with Crippen molar-refractivity contribution in [2.24, 2.45) is 5.73 Å². The summed E-state index contributed by atoms with van der Waals surface area (Å²) in [5, 5.41) is 14.8. The normalized spacial score (nSPS) is 20.8. The Morgan fingerprint density at radius 1 is 0.860 bits per heavy atom. The topological polar surface area (TPSA) is 208 Å². The molecule has 16 heteroatoms. The fourth-order valence-electron chi connectivity index (χ4n) is 9.20. The monoisotopic (exact) mass is 778 g/mol. The van der Waals surface area contributed by atoms with Gasteiger partial charge in [0.1, 0.15) is 12.3 Å². The summed E-state index contributed by atoms with van der Waals surface area (Å²) in [4.78, 5) is 76.9. The second-order valence-corrected chi connectivity index (χ2v) is 15.1. The summed E-state index contributed by atoms with van der Waals surface area (Å²) in [6.45, 7) is 2.72. The third-order valence-electron chi connectivity index (χ3n) is 11.7. The molecule has 2 aromatic heterocycles. The van der Waals surface area contributed by atoms with Crippen molar-refractivity contribution < 1.29 is 38.2 Å². The molecule has 298 valence electrons. The number of methoxy groups -OCH3 is 1. The Kier molecular flexibility index (Phi) is 9.85. The van der Waals surface area contributed by atoms with Crippen molar-refractivity contribution in [3.05, 3.63) is 59.7 Å². The van der Waals surface area contributed by atoms with Gasteiger partial charge in [-0.1, -0.05) is 36.4 Å². The quantitative estimate of drug-likeness (QED) is 0.113. The Bertz CT molecular complexity index is 2510. The minimum atomic E-state index is -1.11. The molecule has 0 unspecified atom stereocenters. The molecular weight excluding hydrogens is 732 g/mol. The van der Waals surface area contributed by atoms with Gasteiger partial charge in [0, 0.05) is 100 Å². The van der Waals surface area contributed by atoms with E-state index in [1.54, 1.807) is 19.1 Å². The van der Waals surface area contributed by atoms with E-state index in [0.29, 0.717) is 18.5 Å². The molecule has 0 aliphatic carbocycles. The number of carbonyl (C=O) groups excluding carboxylic acids is 6. The van der Waals surface area contributed by atoms with Crippen LogP contribution in [-0.4, -0.2) is 95.4 Å². The van der Waals surface area contributed by atoms with E-state index >= 15 is 0 Å². The second kappa shape index (κ2) is 14.8. The zero-order chi connectivity index (χ0) is 40.2. The number of primary amides is 1. The van der Waals surface area contributed by atoms with Gasteiger partial charge in [0.2, 0.25) is 29.5 Å². The zero-order valence-corrected chi connectivity index (χ0v) is 32.1. The zero-order valence-electron chi connectivity index (χ0n) is 32.1. The molecule has 16 nitrogen and oxygen atoms in total. The van der Waals surface area contributed by atoms with Crippen LogP contribution in [0.1, 0.15) is 67.6 Å². The molecule has 3 aromatic carbocycles. The smallest absolute Gasteiger partial charge is 0.252 e. The summed E-state index contributed by atoms with van der Waals surface area (Å²) < 4.78 is 17.9. The van der Waals surface area contributed by atoms with Crippen LogP contribution in [0.15, 0.2) is 48.5 Å². The van der Waals surface area contributed by atoms with E-state index in [-0.39, 0.29) is 81.3 Å². The molecule has 3 aliphatic heterocycles. The SMILES string of the molecule is CO[C@@H]1[C@H](N(C)C(=O)CCC(=O)NCCC(=O)NCCC(=O)NCCC(N)=O)C[C@H]2O[C@]1(C)n1c3ccccc3c3c4c(c5c6ccccc6n2c5c31)C(=O)NC4. The largest absolute Gasteiger partial charge is 0.374 e. The number of amides is 6. The van der Waals surface area contributed by atoms with Gasteiger partial charge in [-0.05, 0) is 24.6 Å². The van der Waals surface area contributed by atoms with Crippen LogP contribution in [-0.2, 0) is 45.7 Å². The van der Waals surface area contributed by atoms with Crippen molar-refractivity contribution >= 4 is 79.1 Å². The Morgan fingerprint density at radius 3 is 2.11 bits per heavy atom. The molecule has 1 fully saturated rings. The molecule has 8 rings (SSSR count). The molecule has 0 radical (unpaired) electrons. The number of para-hydroxylation sites is 2. The first-order valence-corrected chi connectivity index (χ1v) is 19.3. The van der Waals surface area contributed by atoms with Gasteiger partial charge in [0.05, 0.1) is 33.7 Å². The Morgan fingerprint density at radius 2 is 1.46 bits per heavy atom. The molecule has 2 bridgehead atoms. The average Bonchev–Trinajstić information content (AvgIpc) is 3.84. The Hall–Kier alpha value is -6.00. The summed E-state index contributed by atoms with van der Waals surface area (Å²) >= 11 is 0. The van der Waals surface area contributed by atoms with Crippen molar-refractivity contribution in [2.75, 3.05) is 33.8 Å². The fraction of sp³-hybridized carbons (Fsp3) is 0.415. The van der Waals surface area contributed by atoms with Crippen LogP contribution in [0.3, 0.4) is 0 Å². The third kappa shape index (κ3) is 6.32. The number of nitrogens with one attached hydrogen (secondary N) is 4. The number of likely N-dealkylation sites (N-methyl/N-ethyl adjacent to an activating group) is 1. The van der Waals surface area contributed by atoms with E-state index in [4.69, 9.17) is 15.2 Å². The van der Waals surface area contributed by atoms with Gasteiger partial charge in [-0.25, -0.2) is 0 Å². The van der Waals surface area contributed by atoms with Gasteiger partial charge < -0.3 is 50.5 Å². The lowest BCUT2D eigenvalue weighted by Gasteiger charge is -2.50. The number of ether oxygens (including phenoxy) is 2. The third-order valence-corrected chi connectivity index (χ3v) is 11.7. The highest BCUT2D eigenvalue weighted by Crippen LogP contribution is 2.54. The van der Waals surface area contributed by atoms with Crippen LogP contribution in [0.4, 0.5) is 0 Å². The predicted molar refractivity (Wildman–Crippen MR) is 211 cm³/mol. The van der Waals surface area contributed by atoms with Crippen LogP contribution >= 0.6 is 0 Å². The maximum atomic E-state index is 13.9. The van der Waals surface area contributed by atoms with Gasteiger partial charge in [0.25, 0.3) is 5.91 Å². The van der Waals surface area contributed by atoms with E-state index in [0.717, 1.165) is 49.2 Å². The number of rotatable bonds is 14. The molecule has 57 heavy (non-hydrogen) atoms.